The first-order valence-corrected chi connectivity index (χ1v) is 11.5. The highest BCUT2D eigenvalue weighted by molar-refractivity contribution is 5.74. The highest BCUT2D eigenvalue weighted by Crippen LogP contribution is 2.73. The van der Waals surface area contributed by atoms with Crippen LogP contribution in [0.1, 0.15) is 64.7 Å². The topological polar surface area (TPSA) is 26.3 Å². The van der Waals surface area contributed by atoms with Gasteiger partial charge in [-0.15, -0.1) is 0 Å². The van der Waals surface area contributed by atoms with Crippen LogP contribution in [0.25, 0.3) is 0 Å². The van der Waals surface area contributed by atoms with Crippen LogP contribution >= 0.6 is 0 Å². The van der Waals surface area contributed by atoms with E-state index in [1.165, 1.54) is 51.4 Å². The van der Waals surface area contributed by atoms with Crippen LogP contribution in [-0.4, -0.2) is 11.6 Å². The lowest BCUT2D eigenvalue weighted by molar-refractivity contribution is -0.194. The lowest BCUT2D eigenvalue weighted by atomic mass is 9.54. The summed E-state index contributed by atoms with van der Waals surface area (Å²) in [5.74, 6) is 6.71. The second-order valence-electron chi connectivity index (χ2n) is 11.7. The van der Waals surface area contributed by atoms with Crippen LogP contribution in [0.3, 0.4) is 0 Å². The molecule has 0 amide bonds. The number of allylic oxidation sites excluding steroid dienone is 2. The zero-order valence-electron chi connectivity index (χ0n) is 16.0. The number of rotatable bonds is 2. The molecule has 140 valence electrons. The van der Waals surface area contributed by atoms with Crippen LogP contribution in [0.5, 0.6) is 0 Å². The lowest BCUT2D eigenvalue weighted by Gasteiger charge is -2.56. The highest BCUT2D eigenvalue weighted by Gasteiger charge is 2.69. The molecule has 8 rings (SSSR count). The van der Waals surface area contributed by atoms with Crippen molar-refractivity contribution in [1.82, 2.24) is 0 Å². The number of esters is 1. The summed E-state index contributed by atoms with van der Waals surface area (Å²) >= 11 is 0. The molecule has 0 heterocycles. The number of hydrogen-bond donors (Lipinski definition) is 0. The smallest absolute Gasteiger partial charge is 0.309 e. The quantitative estimate of drug-likeness (QED) is 0.398. The van der Waals surface area contributed by atoms with Gasteiger partial charge in [-0.25, -0.2) is 0 Å². The maximum atomic E-state index is 13.4. The van der Waals surface area contributed by atoms with E-state index >= 15 is 0 Å². The Bertz CT molecular complexity index is 672. The molecule has 0 saturated heterocycles. The SMILES string of the molecule is CC12C3C=CC(C3)C1C1CC2CC1C(=O)OC12CC3CC(CC(C3)C1)C2. The van der Waals surface area contributed by atoms with E-state index in [0.29, 0.717) is 11.3 Å². The van der Waals surface area contributed by atoms with E-state index in [9.17, 15) is 4.79 Å². The summed E-state index contributed by atoms with van der Waals surface area (Å²) in [4.78, 5) is 13.4. The van der Waals surface area contributed by atoms with Gasteiger partial charge in [-0.2, -0.15) is 0 Å². The number of hydrogen-bond acceptors (Lipinski definition) is 2. The minimum Gasteiger partial charge on any atom is -0.459 e. The van der Waals surface area contributed by atoms with Crippen molar-refractivity contribution < 1.29 is 9.53 Å². The Morgan fingerprint density at radius 2 is 1.62 bits per heavy atom. The van der Waals surface area contributed by atoms with Gasteiger partial charge < -0.3 is 4.74 Å². The second kappa shape index (κ2) is 4.61. The maximum Gasteiger partial charge on any atom is 0.309 e. The molecule has 0 aromatic rings. The van der Waals surface area contributed by atoms with Gasteiger partial charge in [0.1, 0.15) is 5.60 Å². The summed E-state index contributed by atoms with van der Waals surface area (Å²) in [7, 11) is 0. The van der Waals surface area contributed by atoms with Crippen molar-refractivity contribution in [3.8, 4) is 0 Å². The predicted octanol–water partition coefficient (Wildman–Crippen LogP) is 4.98. The summed E-state index contributed by atoms with van der Waals surface area (Å²) in [6.07, 6.45) is 16.6. The van der Waals surface area contributed by atoms with Crippen LogP contribution in [0.2, 0.25) is 0 Å². The van der Waals surface area contributed by atoms with Gasteiger partial charge in [0.05, 0.1) is 5.92 Å². The van der Waals surface area contributed by atoms with Crippen LogP contribution in [-0.2, 0) is 9.53 Å². The first-order valence-electron chi connectivity index (χ1n) is 11.5. The number of carbonyl (C=O) groups excluding carboxylic acids is 1. The van der Waals surface area contributed by atoms with E-state index in [1.54, 1.807) is 0 Å². The summed E-state index contributed by atoms with van der Waals surface area (Å²) in [6.45, 7) is 2.55. The van der Waals surface area contributed by atoms with E-state index < -0.39 is 0 Å². The van der Waals surface area contributed by atoms with Crippen LogP contribution in [0.4, 0.5) is 0 Å². The average Bonchev–Trinajstić information content (AvgIpc) is 3.30. The fraction of sp³-hybridized carbons (Fsp3) is 0.875. The van der Waals surface area contributed by atoms with Crippen molar-refractivity contribution in [2.24, 2.45) is 58.7 Å². The molecule has 0 aromatic carbocycles. The van der Waals surface area contributed by atoms with Gasteiger partial charge in [-0.1, -0.05) is 19.1 Å². The van der Waals surface area contributed by atoms with Crippen molar-refractivity contribution in [2.45, 2.75) is 70.3 Å². The van der Waals surface area contributed by atoms with E-state index in [1.807, 2.05) is 0 Å². The zero-order valence-corrected chi connectivity index (χ0v) is 16.0. The summed E-state index contributed by atoms with van der Waals surface area (Å²) < 4.78 is 6.49. The Kier molecular flexibility index (Phi) is 2.69. The van der Waals surface area contributed by atoms with Crippen molar-refractivity contribution in [3.63, 3.8) is 0 Å². The molecular formula is C24H32O2. The van der Waals surface area contributed by atoms with Gasteiger partial charge in [0, 0.05) is 0 Å². The molecule has 7 saturated carbocycles. The Hall–Kier alpha value is -0.790. The van der Waals surface area contributed by atoms with Gasteiger partial charge in [-0.3, -0.25) is 4.79 Å². The molecule has 7 atom stereocenters. The molecule has 8 bridgehead atoms. The fourth-order valence-electron chi connectivity index (χ4n) is 10.2. The molecule has 0 N–H and O–H groups in total. The van der Waals surface area contributed by atoms with E-state index in [2.05, 4.69) is 19.1 Å². The molecule has 0 aromatic heterocycles. The largest absolute Gasteiger partial charge is 0.459 e. The molecule has 0 radical (unpaired) electrons. The molecule has 7 unspecified atom stereocenters. The molecule has 8 aliphatic rings. The number of fused-ring (bicyclic) bond motifs is 9. The molecule has 2 nitrogen and oxygen atoms in total. The van der Waals surface area contributed by atoms with Crippen molar-refractivity contribution in [2.75, 3.05) is 0 Å². The summed E-state index contributed by atoms with van der Waals surface area (Å²) in [6, 6.07) is 0. The van der Waals surface area contributed by atoms with Crippen LogP contribution in [0.15, 0.2) is 12.2 Å². The Balaban J connectivity index is 1.14. The maximum absolute atomic E-state index is 13.4. The van der Waals surface area contributed by atoms with E-state index in [0.717, 1.165) is 47.8 Å². The molecule has 8 aliphatic carbocycles. The first-order chi connectivity index (χ1) is 12.5. The van der Waals surface area contributed by atoms with Crippen LogP contribution in [0, 0.1) is 58.7 Å². The van der Waals surface area contributed by atoms with Gasteiger partial charge in [0.15, 0.2) is 0 Å². The third-order valence-electron chi connectivity index (χ3n) is 10.6. The molecular weight excluding hydrogens is 320 g/mol. The first kappa shape index (κ1) is 15.2. The zero-order chi connectivity index (χ0) is 17.3. The minimum absolute atomic E-state index is 0.0500. The Labute approximate surface area is 157 Å². The number of ether oxygens (including phenoxy) is 1. The fourth-order valence-corrected chi connectivity index (χ4v) is 10.2. The third kappa shape index (κ3) is 1.69. The molecule has 7 fully saturated rings. The van der Waals surface area contributed by atoms with Crippen LogP contribution < -0.4 is 0 Å². The van der Waals surface area contributed by atoms with Gasteiger partial charge >= 0.3 is 5.97 Å². The van der Waals surface area contributed by atoms with E-state index in [-0.39, 0.29) is 17.5 Å². The van der Waals surface area contributed by atoms with Gasteiger partial charge in [-0.05, 0) is 111 Å². The van der Waals surface area contributed by atoms with Gasteiger partial charge in [0.25, 0.3) is 0 Å². The monoisotopic (exact) mass is 352 g/mol. The highest BCUT2D eigenvalue weighted by atomic mass is 16.6. The molecule has 26 heavy (non-hydrogen) atoms. The van der Waals surface area contributed by atoms with E-state index in [4.69, 9.17) is 4.74 Å². The second-order valence-corrected chi connectivity index (χ2v) is 11.7. The summed E-state index contributed by atoms with van der Waals surface area (Å²) in [5.41, 5.74) is 0.451. The standard InChI is InChI=1S/C24H32O2/c1-23-17-3-2-16(7-17)21(23)19-8-18(23)9-20(19)22(25)26-24-10-13-4-14(11-24)6-15(5-13)12-24/h2-3,13-21H,4-12H2,1H3. The minimum atomic E-state index is -0.0500. The molecule has 0 spiro atoms. The summed E-state index contributed by atoms with van der Waals surface area (Å²) in [5, 5.41) is 0. The normalized spacial score (nSPS) is 62.9. The molecule has 0 aliphatic heterocycles. The molecule has 2 heteroatoms. The third-order valence-corrected chi connectivity index (χ3v) is 10.6. The average molecular weight is 353 g/mol. The van der Waals surface area contributed by atoms with Crippen molar-refractivity contribution in [1.29, 1.82) is 0 Å². The Morgan fingerprint density at radius 1 is 0.923 bits per heavy atom. The van der Waals surface area contributed by atoms with Crippen molar-refractivity contribution in [3.05, 3.63) is 12.2 Å². The lowest BCUT2D eigenvalue weighted by Crippen LogP contribution is -2.54. The van der Waals surface area contributed by atoms with Gasteiger partial charge in [0.2, 0.25) is 0 Å². The number of carbonyl (C=O) groups is 1. The Morgan fingerprint density at radius 3 is 2.31 bits per heavy atom. The van der Waals surface area contributed by atoms with Crippen molar-refractivity contribution >= 4 is 5.97 Å². The predicted molar refractivity (Wildman–Crippen MR) is 99.0 cm³/mol.